The number of carbonyl (C=O) groups excluding carboxylic acids is 1. The zero-order chi connectivity index (χ0) is 15.2. The second-order valence-electron chi connectivity index (χ2n) is 3.99. The van der Waals surface area contributed by atoms with Crippen molar-refractivity contribution in [2.24, 2.45) is 0 Å². The third-order valence-electron chi connectivity index (χ3n) is 2.54. The van der Waals surface area contributed by atoms with Crippen molar-refractivity contribution in [2.45, 2.75) is 18.6 Å². The normalized spacial score (nSPS) is 11.4. The van der Waals surface area contributed by atoms with Crippen LogP contribution in [0.4, 0.5) is 0 Å². The largest absolute Gasteiger partial charge is 0.544 e. The van der Waals surface area contributed by atoms with Crippen LogP contribution in [0.5, 0.6) is 5.75 Å². The van der Waals surface area contributed by atoms with Crippen LogP contribution in [0.15, 0.2) is 38.8 Å². The average molecular weight is 305 g/mol. The van der Waals surface area contributed by atoms with Gasteiger partial charge in [-0.05, 0) is 35.5 Å². The number of nitrogens with zero attached hydrogens (tertiary/aromatic N) is 2. The average Bonchev–Trinajstić information content (AvgIpc) is 2.94. The molecule has 0 unspecified atom stereocenters. The van der Waals surface area contributed by atoms with Gasteiger partial charge in [-0.3, -0.25) is 0 Å². The second kappa shape index (κ2) is 6.94. The molecule has 110 valence electrons. The van der Waals surface area contributed by atoms with Gasteiger partial charge in [-0.15, -0.1) is 10.2 Å². The van der Waals surface area contributed by atoms with E-state index < -0.39 is 5.97 Å². The summed E-state index contributed by atoms with van der Waals surface area (Å²) in [6.45, 7) is 1.87. The summed E-state index contributed by atoms with van der Waals surface area (Å²) in [6.07, 6.45) is 2.06. The molecule has 7 heteroatoms. The highest BCUT2D eigenvalue weighted by Crippen LogP contribution is 2.27. The zero-order valence-corrected chi connectivity index (χ0v) is 12.3. The van der Waals surface area contributed by atoms with E-state index in [1.54, 1.807) is 31.4 Å². The van der Waals surface area contributed by atoms with Gasteiger partial charge in [0, 0.05) is 11.3 Å². The lowest BCUT2D eigenvalue weighted by molar-refractivity contribution is -0.298. The van der Waals surface area contributed by atoms with Crippen molar-refractivity contribution >= 4 is 23.8 Å². The molecule has 2 aromatic rings. The van der Waals surface area contributed by atoms with Crippen LogP contribution in [-0.4, -0.2) is 23.3 Å². The molecule has 0 saturated heterocycles. The number of carboxylic acids is 1. The summed E-state index contributed by atoms with van der Waals surface area (Å²) in [6, 6.07) is 7.02. The minimum absolute atomic E-state index is 0.0189. The quantitative estimate of drug-likeness (QED) is 0.590. The molecule has 0 aliphatic carbocycles. The van der Waals surface area contributed by atoms with E-state index in [4.69, 9.17) is 9.15 Å². The van der Waals surface area contributed by atoms with Gasteiger partial charge >= 0.3 is 0 Å². The van der Waals surface area contributed by atoms with Crippen molar-refractivity contribution in [1.82, 2.24) is 10.2 Å². The van der Waals surface area contributed by atoms with E-state index in [-0.39, 0.29) is 10.1 Å². The fourth-order valence-electron chi connectivity index (χ4n) is 1.53. The standard InChI is InChI=1S/C14H14N2O4S/c1-3-12-15-16-14(20-12)21-11(13(17)18)8-9-5-4-6-10(7-9)19-2/h4-8H,3H2,1-2H3,(H,17,18)/p-1/b11-8-. The molecular weight excluding hydrogens is 292 g/mol. The van der Waals surface area contributed by atoms with E-state index in [1.807, 2.05) is 6.92 Å². The van der Waals surface area contributed by atoms with Gasteiger partial charge in [-0.2, -0.15) is 0 Å². The third kappa shape index (κ3) is 4.09. The molecule has 0 atom stereocenters. The second-order valence-corrected chi connectivity index (χ2v) is 4.98. The summed E-state index contributed by atoms with van der Waals surface area (Å²) in [5.41, 5.74) is 0.677. The Hall–Kier alpha value is -2.28. The van der Waals surface area contributed by atoms with E-state index >= 15 is 0 Å². The van der Waals surface area contributed by atoms with Crippen molar-refractivity contribution in [3.05, 3.63) is 40.6 Å². The first kappa shape index (κ1) is 15.1. The summed E-state index contributed by atoms with van der Waals surface area (Å²) in [5, 5.41) is 18.9. The molecule has 0 N–H and O–H groups in total. The molecule has 2 rings (SSSR count). The number of rotatable bonds is 6. The summed E-state index contributed by atoms with van der Waals surface area (Å²) in [5.74, 6) is -0.215. The van der Waals surface area contributed by atoms with Crippen molar-refractivity contribution in [3.8, 4) is 5.75 Å². The molecule has 0 bridgehead atoms. The maximum Gasteiger partial charge on any atom is 0.281 e. The summed E-state index contributed by atoms with van der Waals surface area (Å²) in [7, 11) is 1.54. The topological polar surface area (TPSA) is 88.3 Å². The lowest BCUT2D eigenvalue weighted by Crippen LogP contribution is -2.23. The van der Waals surface area contributed by atoms with Crippen LogP contribution in [-0.2, 0) is 11.2 Å². The zero-order valence-electron chi connectivity index (χ0n) is 11.5. The maximum atomic E-state index is 11.2. The number of carboxylic acid groups (broad SMARTS) is 1. The van der Waals surface area contributed by atoms with Crippen LogP contribution in [0.25, 0.3) is 6.08 Å². The van der Waals surface area contributed by atoms with Crippen molar-refractivity contribution in [2.75, 3.05) is 7.11 Å². The number of hydrogen-bond donors (Lipinski definition) is 0. The molecule has 0 aliphatic rings. The minimum atomic E-state index is -1.31. The predicted molar refractivity (Wildman–Crippen MR) is 75.5 cm³/mol. The molecular formula is C14H13N2O4S-. The summed E-state index contributed by atoms with van der Waals surface area (Å²) >= 11 is 0.859. The third-order valence-corrected chi connectivity index (χ3v) is 3.38. The molecule has 6 nitrogen and oxygen atoms in total. The number of benzene rings is 1. The number of ether oxygens (including phenoxy) is 1. The van der Waals surface area contributed by atoms with Crippen LogP contribution in [0.2, 0.25) is 0 Å². The molecule has 0 radical (unpaired) electrons. The molecule has 21 heavy (non-hydrogen) atoms. The smallest absolute Gasteiger partial charge is 0.281 e. The van der Waals surface area contributed by atoms with Gasteiger partial charge in [0.05, 0.1) is 13.1 Å². The molecule has 1 heterocycles. The Kier molecular flexibility index (Phi) is 4.99. The Labute approximate surface area is 125 Å². The fraction of sp³-hybridized carbons (Fsp3) is 0.214. The highest BCUT2D eigenvalue weighted by Gasteiger charge is 2.10. The molecule has 0 spiro atoms. The number of carbonyl (C=O) groups is 1. The van der Waals surface area contributed by atoms with Crippen LogP contribution in [0.3, 0.4) is 0 Å². The monoisotopic (exact) mass is 305 g/mol. The Morgan fingerprint density at radius 2 is 2.29 bits per heavy atom. The Bertz CT molecular complexity index is 666. The molecule has 0 saturated carbocycles. The Morgan fingerprint density at radius 1 is 1.48 bits per heavy atom. The van der Waals surface area contributed by atoms with Gasteiger partial charge in [0.25, 0.3) is 5.22 Å². The SMILES string of the molecule is CCc1nnc(S/C(=C\c2cccc(OC)c2)C(=O)[O-])o1. The van der Waals surface area contributed by atoms with Crippen molar-refractivity contribution in [1.29, 1.82) is 0 Å². The number of methoxy groups -OCH3 is 1. The number of aryl methyl sites for hydroxylation is 1. The van der Waals surface area contributed by atoms with E-state index in [1.165, 1.54) is 6.08 Å². The number of thioether (sulfide) groups is 1. The minimum Gasteiger partial charge on any atom is -0.544 e. The van der Waals surface area contributed by atoms with Crippen LogP contribution in [0.1, 0.15) is 18.4 Å². The Balaban J connectivity index is 2.25. The summed E-state index contributed by atoms with van der Waals surface area (Å²) in [4.78, 5) is 11.2. The van der Waals surface area contributed by atoms with Crippen molar-refractivity contribution < 1.29 is 19.1 Å². The van der Waals surface area contributed by atoms with Crippen LogP contribution < -0.4 is 9.84 Å². The lowest BCUT2D eigenvalue weighted by Gasteiger charge is -2.06. The lowest BCUT2D eigenvalue weighted by atomic mass is 10.2. The van der Waals surface area contributed by atoms with Gasteiger partial charge < -0.3 is 19.1 Å². The molecule has 0 amide bonds. The van der Waals surface area contributed by atoms with Crippen LogP contribution >= 0.6 is 11.8 Å². The summed E-state index contributed by atoms with van der Waals surface area (Å²) < 4.78 is 10.4. The van der Waals surface area contributed by atoms with Gasteiger partial charge in [0.15, 0.2) is 0 Å². The molecule has 1 aromatic carbocycles. The van der Waals surface area contributed by atoms with Gasteiger partial charge in [0.1, 0.15) is 5.75 Å². The maximum absolute atomic E-state index is 11.2. The number of hydrogen-bond acceptors (Lipinski definition) is 7. The van der Waals surface area contributed by atoms with Gasteiger partial charge in [-0.25, -0.2) is 0 Å². The van der Waals surface area contributed by atoms with Gasteiger partial charge in [-0.1, -0.05) is 19.1 Å². The Morgan fingerprint density at radius 3 is 2.90 bits per heavy atom. The van der Waals surface area contributed by atoms with E-state index in [9.17, 15) is 9.90 Å². The first-order chi connectivity index (χ1) is 10.1. The van der Waals surface area contributed by atoms with Gasteiger partial charge in [0.2, 0.25) is 5.89 Å². The number of aliphatic carboxylic acids is 1. The van der Waals surface area contributed by atoms with E-state index in [2.05, 4.69) is 10.2 Å². The molecule has 0 aliphatic heterocycles. The van der Waals surface area contributed by atoms with E-state index in [0.29, 0.717) is 23.6 Å². The predicted octanol–water partition coefficient (Wildman–Crippen LogP) is 1.52. The highest BCUT2D eigenvalue weighted by atomic mass is 32.2. The molecule has 1 aromatic heterocycles. The first-order valence-electron chi connectivity index (χ1n) is 6.19. The number of aromatic nitrogens is 2. The first-order valence-corrected chi connectivity index (χ1v) is 7.01. The van der Waals surface area contributed by atoms with E-state index in [0.717, 1.165) is 11.8 Å². The highest BCUT2D eigenvalue weighted by molar-refractivity contribution is 8.03. The molecule has 0 fully saturated rings. The van der Waals surface area contributed by atoms with Crippen molar-refractivity contribution in [3.63, 3.8) is 0 Å². The fourth-order valence-corrected chi connectivity index (χ4v) is 2.22. The van der Waals surface area contributed by atoms with Crippen LogP contribution in [0, 0.1) is 0 Å².